The summed E-state index contributed by atoms with van der Waals surface area (Å²) in [6.45, 7) is 0.510. The van der Waals surface area contributed by atoms with Gasteiger partial charge in [0.1, 0.15) is 0 Å². The van der Waals surface area contributed by atoms with E-state index in [2.05, 4.69) is 25.8 Å². The molecule has 17 heavy (non-hydrogen) atoms. The van der Waals surface area contributed by atoms with Gasteiger partial charge < -0.3 is 0 Å². The number of halogens is 1. The van der Waals surface area contributed by atoms with E-state index in [0.717, 1.165) is 19.3 Å². The molecule has 1 aromatic heterocycles. The van der Waals surface area contributed by atoms with Gasteiger partial charge >= 0.3 is 0 Å². The van der Waals surface area contributed by atoms with Crippen molar-refractivity contribution in [2.75, 3.05) is 6.54 Å². The van der Waals surface area contributed by atoms with E-state index in [-0.39, 0.29) is 5.03 Å². The Bertz CT molecular complexity index is 485. The Hall–Kier alpha value is -0.400. The molecule has 7 heteroatoms. The van der Waals surface area contributed by atoms with Crippen LogP contribution in [0, 0.1) is 5.92 Å². The van der Waals surface area contributed by atoms with Gasteiger partial charge in [0.05, 0.1) is 6.20 Å². The molecule has 5 nitrogen and oxygen atoms in total. The van der Waals surface area contributed by atoms with Gasteiger partial charge in [0.2, 0.25) is 0 Å². The van der Waals surface area contributed by atoms with Crippen LogP contribution in [0.1, 0.15) is 19.3 Å². The zero-order valence-electron chi connectivity index (χ0n) is 9.63. The first-order valence-corrected chi connectivity index (χ1v) is 8.00. The van der Waals surface area contributed by atoms with E-state index >= 15 is 0 Å². The number of aryl methyl sites for hydroxylation is 1. The molecule has 0 amide bonds. The minimum atomic E-state index is -3.42. The monoisotopic (exact) mass is 321 g/mol. The molecular formula is C10H16BrN3O2S. The highest BCUT2D eigenvalue weighted by atomic mass is 79.9. The van der Waals surface area contributed by atoms with Gasteiger partial charge in [-0.2, -0.15) is 5.10 Å². The van der Waals surface area contributed by atoms with Gasteiger partial charge in [-0.25, -0.2) is 13.1 Å². The Morgan fingerprint density at radius 2 is 2.35 bits per heavy atom. The van der Waals surface area contributed by atoms with Crippen LogP contribution in [0.15, 0.2) is 17.3 Å². The molecule has 2 unspecified atom stereocenters. The third kappa shape index (κ3) is 3.08. The average Bonchev–Trinajstić information content (AvgIpc) is 2.85. The van der Waals surface area contributed by atoms with Crippen molar-refractivity contribution >= 4 is 26.0 Å². The van der Waals surface area contributed by atoms with Crippen LogP contribution in [0.2, 0.25) is 0 Å². The van der Waals surface area contributed by atoms with Crippen LogP contribution in [-0.2, 0) is 17.1 Å². The number of nitrogens with zero attached hydrogens (tertiary/aromatic N) is 2. The summed E-state index contributed by atoms with van der Waals surface area (Å²) < 4.78 is 28.0. The van der Waals surface area contributed by atoms with Crippen molar-refractivity contribution in [2.24, 2.45) is 13.0 Å². The van der Waals surface area contributed by atoms with Crippen molar-refractivity contribution in [3.05, 3.63) is 12.3 Å². The van der Waals surface area contributed by atoms with Crippen molar-refractivity contribution in [1.29, 1.82) is 0 Å². The normalized spacial score (nSPS) is 25.3. The summed E-state index contributed by atoms with van der Waals surface area (Å²) in [5.74, 6) is 0.433. The molecule has 1 N–H and O–H groups in total. The largest absolute Gasteiger partial charge is 0.257 e. The number of aromatic nitrogens is 2. The highest BCUT2D eigenvalue weighted by Gasteiger charge is 2.25. The van der Waals surface area contributed by atoms with Crippen LogP contribution >= 0.6 is 15.9 Å². The van der Waals surface area contributed by atoms with E-state index < -0.39 is 10.0 Å². The van der Waals surface area contributed by atoms with Crippen LogP contribution in [0.25, 0.3) is 0 Å². The highest BCUT2D eigenvalue weighted by Crippen LogP contribution is 2.30. The SMILES string of the molecule is Cn1nccc1S(=O)(=O)NCC1CCC(Br)C1. The second-order valence-electron chi connectivity index (χ2n) is 4.42. The number of sulfonamides is 1. The average molecular weight is 322 g/mol. The number of hydrogen-bond acceptors (Lipinski definition) is 3. The van der Waals surface area contributed by atoms with Gasteiger partial charge in [-0.05, 0) is 31.2 Å². The summed E-state index contributed by atoms with van der Waals surface area (Å²) in [6, 6.07) is 1.50. The lowest BCUT2D eigenvalue weighted by molar-refractivity contribution is 0.514. The molecule has 1 saturated carbocycles. The summed E-state index contributed by atoms with van der Waals surface area (Å²) in [6.07, 6.45) is 4.72. The van der Waals surface area contributed by atoms with Crippen molar-refractivity contribution in [3.8, 4) is 0 Å². The number of nitrogens with one attached hydrogen (secondary N) is 1. The van der Waals surface area contributed by atoms with Gasteiger partial charge in [0.25, 0.3) is 10.0 Å². The van der Waals surface area contributed by atoms with Crippen LogP contribution in [0.3, 0.4) is 0 Å². The maximum Gasteiger partial charge on any atom is 0.257 e. The molecule has 1 fully saturated rings. The third-order valence-electron chi connectivity index (χ3n) is 3.09. The van der Waals surface area contributed by atoms with Crippen molar-refractivity contribution < 1.29 is 8.42 Å². The fourth-order valence-corrected chi connectivity index (χ4v) is 4.16. The van der Waals surface area contributed by atoms with E-state index in [9.17, 15) is 8.42 Å². The van der Waals surface area contributed by atoms with E-state index in [1.165, 1.54) is 16.9 Å². The fourth-order valence-electron chi connectivity index (χ4n) is 2.13. The lowest BCUT2D eigenvalue weighted by Crippen LogP contribution is -2.30. The zero-order chi connectivity index (χ0) is 12.5. The van der Waals surface area contributed by atoms with Crippen LogP contribution in [0.4, 0.5) is 0 Å². The predicted octanol–water partition coefficient (Wildman–Crippen LogP) is 1.26. The smallest absolute Gasteiger partial charge is 0.256 e. The number of hydrogen-bond donors (Lipinski definition) is 1. The molecule has 96 valence electrons. The molecule has 2 atom stereocenters. The molecule has 1 aromatic rings. The van der Waals surface area contributed by atoms with Gasteiger partial charge in [0.15, 0.2) is 5.03 Å². The topological polar surface area (TPSA) is 64.0 Å². The summed E-state index contributed by atoms with van der Waals surface area (Å²) in [4.78, 5) is 0.536. The Morgan fingerprint density at radius 3 is 2.88 bits per heavy atom. The van der Waals surface area contributed by atoms with Crippen LogP contribution < -0.4 is 4.72 Å². The molecular weight excluding hydrogens is 306 g/mol. The number of rotatable bonds is 4. The molecule has 0 radical (unpaired) electrons. The Balaban J connectivity index is 1.97. The van der Waals surface area contributed by atoms with Gasteiger partial charge in [0, 0.05) is 18.4 Å². The molecule has 0 bridgehead atoms. The van der Waals surface area contributed by atoms with Crippen molar-refractivity contribution in [2.45, 2.75) is 29.1 Å². The molecule has 0 aromatic carbocycles. The quantitative estimate of drug-likeness (QED) is 0.849. The standard InChI is InChI=1S/C10H16BrN3O2S/c1-14-10(4-5-12-14)17(15,16)13-7-8-2-3-9(11)6-8/h4-5,8-9,13H,2-3,6-7H2,1H3. The second-order valence-corrected chi connectivity index (χ2v) is 7.43. The summed E-state index contributed by atoms with van der Waals surface area (Å²) in [5.41, 5.74) is 0. The maximum atomic E-state index is 12.0. The fraction of sp³-hybridized carbons (Fsp3) is 0.700. The minimum absolute atomic E-state index is 0.214. The second kappa shape index (κ2) is 5.07. The summed E-state index contributed by atoms with van der Waals surface area (Å²) in [7, 11) is -1.79. The lowest BCUT2D eigenvalue weighted by atomic mass is 10.1. The van der Waals surface area contributed by atoms with Crippen molar-refractivity contribution in [3.63, 3.8) is 0 Å². The molecule has 2 rings (SSSR count). The lowest BCUT2D eigenvalue weighted by Gasteiger charge is -2.11. The zero-order valence-corrected chi connectivity index (χ0v) is 12.0. The maximum absolute atomic E-state index is 12.0. The number of alkyl halides is 1. The first-order valence-electron chi connectivity index (χ1n) is 5.61. The first kappa shape index (κ1) is 13.0. The molecule has 1 heterocycles. The molecule has 1 aliphatic carbocycles. The van der Waals surface area contributed by atoms with E-state index in [1.807, 2.05) is 0 Å². The molecule has 0 aliphatic heterocycles. The van der Waals surface area contributed by atoms with Crippen LogP contribution in [-0.4, -0.2) is 29.6 Å². The van der Waals surface area contributed by atoms with Gasteiger partial charge in [-0.1, -0.05) is 15.9 Å². The Kier molecular flexibility index (Phi) is 3.89. The highest BCUT2D eigenvalue weighted by molar-refractivity contribution is 9.09. The minimum Gasteiger partial charge on any atom is -0.256 e. The van der Waals surface area contributed by atoms with E-state index in [1.54, 1.807) is 7.05 Å². The first-order chi connectivity index (χ1) is 7.99. The van der Waals surface area contributed by atoms with Gasteiger partial charge in [-0.15, -0.1) is 0 Å². The van der Waals surface area contributed by atoms with E-state index in [0.29, 0.717) is 17.3 Å². The Labute approximate surface area is 110 Å². The third-order valence-corrected chi connectivity index (χ3v) is 5.42. The molecule has 0 saturated heterocycles. The Morgan fingerprint density at radius 1 is 1.59 bits per heavy atom. The van der Waals surface area contributed by atoms with Crippen LogP contribution in [0.5, 0.6) is 0 Å². The molecule has 1 aliphatic rings. The van der Waals surface area contributed by atoms with Gasteiger partial charge in [-0.3, -0.25) is 4.68 Å². The van der Waals surface area contributed by atoms with E-state index in [4.69, 9.17) is 0 Å². The summed E-state index contributed by atoms with van der Waals surface area (Å²) in [5, 5.41) is 4.08. The van der Waals surface area contributed by atoms with Crippen molar-refractivity contribution in [1.82, 2.24) is 14.5 Å². The summed E-state index contributed by atoms with van der Waals surface area (Å²) >= 11 is 3.56. The molecule has 0 spiro atoms. The predicted molar refractivity (Wildman–Crippen MR) is 68.5 cm³/mol.